The molecule has 0 heterocycles. The fraction of sp³-hybridized carbons (Fsp3) is 0.538. The van der Waals surface area contributed by atoms with Crippen molar-refractivity contribution in [3.05, 3.63) is 35.4 Å². The second-order valence-electron chi connectivity index (χ2n) is 4.49. The quantitative estimate of drug-likeness (QED) is 0.607. The predicted molar refractivity (Wildman–Crippen MR) is 66.9 cm³/mol. The minimum absolute atomic E-state index is 0.0252. The minimum atomic E-state index is -0.580. The van der Waals surface area contributed by atoms with Crippen LogP contribution in [0.3, 0.4) is 0 Å². The van der Waals surface area contributed by atoms with Crippen LogP contribution in [0.4, 0.5) is 8.78 Å². The Balaban J connectivity index is 3.00. The lowest BCUT2D eigenvalue weighted by atomic mass is 9.88. The van der Waals surface area contributed by atoms with Crippen LogP contribution in [0.2, 0.25) is 0 Å². The largest absolute Gasteiger partial charge is 0.377 e. The van der Waals surface area contributed by atoms with Gasteiger partial charge in [-0.2, -0.15) is 0 Å². The van der Waals surface area contributed by atoms with Gasteiger partial charge in [0.25, 0.3) is 0 Å². The lowest BCUT2D eigenvalue weighted by Gasteiger charge is -2.35. The predicted octanol–water partition coefficient (Wildman–Crippen LogP) is 2.15. The van der Waals surface area contributed by atoms with Crippen molar-refractivity contribution < 1.29 is 13.5 Å². The van der Waals surface area contributed by atoms with E-state index in [9.17, 15) is 8.78 Å². The number of benzene rings is 1. The van der Waals surface area contributed by atoms with Gasteiger partial charge in [-0.05, 0) is 31.9 Å². The van der Waals surface area contributed by atoms with E-state index in [1.165, 1.54) is 18.2 Å². The van der Waals surface area contributed by atoms with Crippen molar-refractivity contribution in [2.24, 2.45) is 5.84 Å². The second-order valence-corrected chi connectivity index (χ2v) is 4.49. The molecule has 0 saturated heterocycles. The minimum Gasteiger partial charge on any atom is -0.377 e. The number of hydrazine groups is 1. The van der Waals surface area contributed by atoms with Gasteiger partial charge < -0.3 is 4.74 Å². The molecule has 2 unspecified atom stereocenters. The van der Waals surface area contributed by atoms with E-state index in [4.69, 9.17) is 10.6 Å². The Bertz CT molecular complexity index is 374. The zero-order valence-electron chi connectivity index (χ0n) is 11.0. The van der Waals surface area contributed by atoms with Crippen LogP contribution in [0.1, 0.15) is 25.8 Å². The first-order chi connectivity index (χ1) is 8.48. The van der Waals surface area contributed by atoms with Crippen LogP contribution in [0, 0.1) is 11.6 Å². The Hall–Kier alpha value is -1.04. The number of halogens is 2. The Kier molecular flexibility index (Phi) is 5.19. The molecule has 0 spiro atoms. The van der Waals surface area contributed by atoms with E-state index >= 15 is 0 Å². The summed E-state index contributed by atoms with van der Waals surface area (Å²) in [5.74, 6) is 4.35. The fourth-order valence-corrected chi connectivity index (χ4v) is 1.92. The third kappa shape index (κ3) is 3.04. The summed E-state index contributed by atoms with van der Waals surface area (Å²) in [7, 11) is 1.56. The van der Waals surface area contributed by atoms with E-state index in [0.29, 0.717) is 6.42 Å². The zero-order valence-corrected chi connectivity index (χ0v) is 11.0. The molecule has 3 nitrogen and oxygen atoms in total. The van der Waals surface area contributed by atoms with Gasteiger partial charge in [0.2, 0.25) is 0 Å². The van der Waals surface area contributed by atoms with Crippen LogP contribution in [0.25, 0.3) is 0 Å². The van der Waals surface area contributed by atoms with Crippen LogP contribution in [0.5, 0.6) is 0 Å². The maximum absolute atomic E-state index is 13.6. The van der Waals surface area contributed by atoms with E-state index in [1.807, 2.05) is 13.8 Å². The average molecular weight is 258 g/mol. The molecule has 1 rings (SSSR count). The van der Waals surface area contributed by atoms with Crippen molar-refractivity contribution >= 4 is 0 Å². The first kappa shape index (κ1) is 15.0. The smallest absolute Gasteiger partial charge is 0.129 e. The van der Waals surface area contributed by atoms with Crippen molar-refractivity contribution in [3.8, 4) is 0 Å². The molecule has 0 aliphatic rings. The molecule has 0 amide bonds. The van der Waals surface area contributed by atoms with Crippen molar-refractivity contribution in [1.82, 2.24) is 5.43 Å². The standard InChI is InChI=1S/C13H20F2N2O/c1-4-13(2,18-3)12(17-16)8-9-10(14)6-5-7-11(9)15/h5-7,12,17H,4,8,16H2,1-3H3. The van der Waals surface area contributed by atoms with E-state index < -0.39 is 17.2 Å². The summed E-state index contributed by atoms with van der Waals surface area (Å²) in [5, 5.41) is 0. The number of nitrogens with two attached hydrogens (primary N) is 1. The molecule has 0 aromatic heterocycles. The van der Waals surface area contributed by atoms with Crippen molar-refractivity contribution in [1.29, 1.82) is 0 Å². The number of methoxy groups -OCH3 is 1. The van der Waals surface area contributed by atoms with Gasteiger partial charge in [0.1, 0.15) is 11.6 Å². The highest BCUT2D eigenvalue weighted by Crippen LogP contribution is 2.24. The Morgan fingerprint density at radius 1 is 1.39 bits per heavy atom. The van der Waals surface area contributed by atoms with Gasteiger partial charge in [0.05, 0.1) is 11.6 Å². The Morgan fingerprint density at radius 3 is 2.33 bits per heavy atom. The first-order valence-electron chi connectivity index (χ1n) is 5.92. The van der Waals surface area contributed by atoms with Crippen LogP contribution in [0.15, 0.2) is 18.2 Å². The maximum Gasteiger partial charge on any atom is 0.129 e. The molecular formula is C13H20F2N2O. The van der Waals surface area contributed by atoms with Gasteiger partial charge >= 0.3 is 0 Å². The highest BCUT2D eigenvalue weighted by Gasteiger charge is 2.33. The van der Waals surface area contributed by atoms with E-state index in [2.05, 4.69) is 5.43 Å². The van der Waals surface area contributed by atoms with Gasteiger partial charge in [-0.1, -0.05) is 13.0 Å². The van der Waals surface area contributed by atoms with E-state index in [1.54, 1.807) is 7.11 Å². The van der Waals surface area contributed by atoms with Gasteiger partial charge in [-0.25, -0.2) is 8.78 Å². The zero-order chi connectivity index (χ0) is 13.8. The molecule has 102 valence electrons. The highest BCUT2D eigenvalue weighted by molar-refractivity contribution is 5.21. The van der Waals surface area contributed by atoms with Crippen LogP contribution in [-0.4, -0.2) is 18.8 Å². The summed E-state index contributed by atoms with van der Waals surface area (Å²) in [6.45, 7) is 3.79. The molecule has 5 heteroatoms. The Labute approximate surface area is 106 Å². The first-order valence-corrected chi connectivity index (χ1v) is 5.92. The number of hydrogen-bond donors (Lipinski definition) is 2. The molecular weight excluding hydrogens is 238 g/mol. The SMILES string of the molecule is CCC(C)(OC)C(Cc1c(F)cccc1F)NN. The summed E-state index contributed by atoms with van der Waals surface area (Å²) < 4.78 is 32.6. The highest BCUT2D eigenvalue weighted by atomic mass is 19.1. The maximum atomic E-state index is 13.6. The number of hydrogen-bond acceptors (Lipinski definition) is 3. The molecule has 0 saturated carbocycles. The molecule has 0 bridgehead atoms. The fourth-order valence-electron chi connectivity index (χ4n) is 1.92. The van der Waals surface area contributed by atoms with Crippen molar-refractivity contribution in [2.45, 2.75) is 38.3 Å². The summed E-state index contributed by atoms with van der Waals surface area (Å²) in [6, 6.07) is 3.44. The summed E-state index contributed by atoms with van der Waals surface area (Å²) in [4.78, 5) is 0. The van der Waals surface area contributed by atoms with Gasteiger partial charge in [-0.3, -0.25) is 11.3 Å². The van der Waals surface area contributed by atoms with Crippen LogP contribution in [-0.2, 0) is 11.2 Å². The average Bonchev–Trinajstić information content (AvgIpc) is 2.37. The van der Waals surface area contributed by atoms with Gasteiger partial charge in [-0.15, -0.1) is 0 Å². The topological polar surface area (TPSA) is 47.3 Å². The molecule has 3 N–H and O–H groups in total. The molecule has 18 heavy (non-hydrogen) atoms. The molecule has 0 radical (unpaired) electrons. The monoisotopic (exact) mass is 258 g/mol. The second kappa shape index (κ2) is 6.22. The van der Waals surface area contributed by atoms with E-state index in [0.717, 1.165) is 0 Å². The number of ether oxygens (including phenoxy) is 1. The lowest BCUT2D eigenvalue weighted by Crippen LogP contribution is -2.53. The van der Waals surface area contributed by atoms with Crippen LogP contribution >= 0.6 is 0 Å². The lowest BCUT2D eigenvalue weighted by molar-refractivity contribution is -0.0291. The van der Waals surface area contributed by atoms with E-state index in [-0.39, 0.29) is 18.0 Å². The molecule has 2 atom stereocenters. The third-order valence-electron chi connectivity index (χ3n) is 3.58. The number of nitrogens with one attached hydrogen (secondary N) is 1. The molecule has 1 aromatic carbocycles. The molecule has 0 aliphatic heterocycles. The molecule has 0 aliphatic carbocycles. The summed E-state index contributed by atoms with van der Waals surface area (Å²) in [5.41, 5.74) is 2.03. The normalized spacial score (nSPS) is 16.3. The summed E-state index contributed by atoms with van der Waals surface area (Å²) in [6.07, 6.45) is 0.807. The summed E-state index contributed by atoms with van der Waals surface area (Å²) >= 11 is 0. The van der Waals surface area contributed by atoms with Gasteiger partial charge in [0.15, 0.2) is 0 Å². The number of rotatable bonds is 6. The molecule has 1 aromatic rings. The Morgan fingerprint density at radius 2 is 1.94 bits per heavy atom. The molecule has 0 fully saturated rings. The van der Waals surface area contributed by atoms with Crippen molar-refractivity contribution in [3.63, 3.8) is 0 Å². The third-order valence-corrected chi connectivity index (χ3v) is 3.58. The van der Waals surface area contributed by atoms with Crippen molar-refractivity contribution in [2.75, 3.05) is 7.11 Å². The van der Waals surface area contributed by atoms with Gasteiger partial charge in [0, 0.05) is 12.7 Å². The van der Waals surface area contributed by atoms with Crippen LogP contribution < -0.4 is 11.3 Å².